The van der Waals surface area contributed by atoms with Gasteiger partial charge in [0, 0.05) is 27.5 Å². The van der Waals surface area contributed by atoms with Crippen molar-refractivity contribution in [3.05, 3.63) is 127 Å². The maximum Gasteiger partial charge on any atom is 0.164 e. The maximum atomic E-state index is 8.51. The molecule has 0 aliphatic rings. The lowest BCUT2D eigenvalue weighted by molar-refractivity contribution is 0.669. The number of furan rings is 1. The van der Waals surface area contributed by atoms with Crippen LogP contribution in [0.4, 0.5) is 0 Å². The van der Waals surface area contributed by atoms with E-state index in [2.05, 4.69) is 15.0 Å². The minimum absolute atomic E-state index is 0.000383. The van der Waals surface area contributed by atoms with Crippen molar-refractivity contribution in [2.45, 2.75) is 0 Å². The van der Waals surface area contributed by atoms with Gasteiger partial charge in [0.25, 0.3) is 0 Å². The molecule has 0 aliphatic heterocycles. The normalized spacial score (nSPS) is 16.9. The largest absolute Gasteiger partial charge is 0.456 e. The molecule has 0 saturated carbocycles. The number of hydrogen-bond acceptors (Lipinski definition) is 4. The Morgan fingerprint density at radius 3 is 1.35 bits per heavy atom. The SMILES string of the molecule is [2H]c1c([2H])c([2H])c(-c2ccc3c(c2)oc2cc(-c4nc(-c5c([2H])c([2H])c([2H])c([2H])c5[2H])nc(-c5c([2H])c([2H])c([2H])c([2H])c5[2H])n4)ccc23)c([2H])c1[2H]. The molecule has 2 heterocycles. The third-order valence-electron chi connectivity index (χ3n) is 5.60. The van der Waals surface area contributed by atoms with Crippen LogP contribution in [0.3, 0.4) is 0 Å². The highest BCUT2D eigenvalue weighted by Gasteiger charge is 2.14. The Kier molecular flexibility index (Phi) is 2.60. The van der Waals surface area contributed by atoms with Gasteiger partial charge in [0.05, 0.1) is 20.6 Å². The number of hydrogen-bond donors (Lipinski definition) is 0. The van der Waals surface area contributed by atoms with E-state index in [1.165, 1.54) is 0 Å². The fourth-order valence-corrected chi connectivity index (χ4v) is 3.92. The molecule has 7 aromatic rings. The van der Waals surface area contributed by atoms with Gasteiger partial charge in [-0.15, -0.1) is 0 Å². The molecule has 174 valence electrons. The van der Waals surface area contributed by atoms with Crippen LogP contribution < -0.4 is 0 Å². The zero-order valence-electron chi connectivity index (χ0n) is 33.7. The Hall–Kier alpha value is -5.09. The quantitative estimate of drug-likeness (QED) is 0.248. The van der Waals surface area contributed by atoms with Crippen LogP contribution in [0.2, 0.25) is 0 Å². The van der Waals surface area contributed by atoms with Gasteiger partial charge in [-0.2, -0.15) is 0 Å². The van der Waals surface area contributed by atoms with Gasteiger partial charge in [-0.25, -0.2) is 15.0 Å². The summed E-state index contributed by atoms with van der Waals surface area (Å²) in [6.45, 7) is 0. The van der Waals surface area contributed by atoms with E-state index in [-0.39, 0.29) is 29.0 Å². The fraction of sp³-hybridized carbons (Fsp3) is 0. The number of rotatable bonds is 4. The summed E-state index contributed by atoms with van der Waals surface area (Å²) in [6.07, 6.45) is 0. The molecule has 0 N–H and O–H groups in total. The van der Waals surface area contributed by atoms with Crippen molar-refractivity contribution < 1.29 is 25.0 Å². The topological polar surface area (TPSA) is 51.8 Å². The molecule has 0 aliphatic carbocycles. The van der Waals surface area contributed by atoms with Crippen LogP contribution in [0, 0.1) is 0 Å². The molecular weight excluding hydrogens is 454 g/mol. The molecule has 0 spiro atoms. The molecule has 0 fully saturated rings. The third kappa shape index (κ3) is 3.95. The lowest BCUT2D eigenvalue weighted by atomic mass is 10.0. The van der Waals surface area contributed by atoms with Gasteiger partial charge < -0.3 is 4.42 Å². The van der Waals surface area contributed by atoms with Gasteiger partial charge in [0.15, 0.2) is 17.5 Å². The summed E-state index contributed by atoms with van der Waals surface area (Å²) in [7, 11) is 0. The van der Waals surface area contributed by atoms with Crippen molar-refractivity contribution in [1.82, 2.24) is 15.0 Å². The smallest absolute Gasteiger partial charge is 0.164 e. The molecule has 0 unspecified atom stereocenters. The summed E-state index contributed by atoms with van der Waals surface area (Å²) in [5, 5.41) is 1.25. The fourth-order valence-electron chi connectivity index (χ4n) is 3.92. The van der Waals surface area contributed by atoms with Crippen LogP contribution in [0.25, 0.3) is 67.2 Å². The van der Waals surface area contributed by atoms with E-state index in [4.69, 9.17) is 25.0 Å². The number of benzene rings is 5. The summed E-state index contributed by atoms with van der Waals surface area (Å²) in [5.41, 5.74) is 0.433. The maximum absolute atomic E-state index is 8.51. The average Bonchev–Trinajstić information content (AvgIpc) is 3.50. The van der Waals surface area contributed by atoms with E-state index in [0.717, 1.165) is 0 Å². The summed E-state index contributed by atoms with van der Waals surface area (Å²) in [6, 6.07) is 1.03. The summed E-state index contributed by atoms with van der Waals surface area (Å²) >= 11 is 0. The van der Waals surface area contributed by atoms with E-state index in [1.54, 1.807) is 36.4 Å². The van der Waals surface area contributed by atoms with Crippen LogP contribution in [-0.2, 0) is 0 Å². The minimum Gasteiger partial charge on any atom is -0.456 e. The molecule has 0 bridgehead atoms. The van der Waals surface area contributed by atoms with Crippen molar-refractivity contribution in [1.29, 1.82) is 0 Å². The van der Waals surface area contributed by atoms with Crippen LogP contribution in [0.15, 0.2) is 131 Å². The number of nitrogens with zero attached hydrogens (tertiary/aromatic N) is 3. The lowest BCUT2D eigenvalue weighted by Gasteiger charge is -2.08. The number of fused-ring (bicyclic) bond motifs is 3. The van der Waals surface area contributed by atoms with Gasteiger partial charge in [-0.3, -0.25) is 0 Å². The monoisotopic (exact) mass is 490 g/mol. The summed E-state index contributed by atoms with van der Waals surface area (Å²) in [5.74, 6) is -0.950. The second-order valence-electron chi connectivity index (χ2n) is 7.83. The Bertz CT molecular complexity index is 2540. The molecular formula is C33H21N3O. The molecule has 0 atom stereocenters. The molecule has 0 amide bonds. The molecule has 5 aromatic carbocycles. The zero-order valence-corrected chi connectivity index (χ0v) is 18.7. The highest BCUT2D eigenvalue weighted by molar-refractivity contribution is 6.06. The first kappa shape index (κ1) is 10.9. The summed E-state index contributed by atoms with van der Waals surface area (Å²) in [4.78, 5) is 13.2. The van der Waals surface area contributed by atoms with E-state index in [1.807, 2.05) is 0 Å². The second-order valence-corrected chi connectivity index (χ2v) is 7.83. The molecule has 2 aromatic heterocycles. The highest BCUT2D eigenvalue weighted by Crippen LogP contribution is 2.34. The van der Waals surface area contributed by atoms with Gasteiger partial charge in [-0.1, -0.05) is 103 Å². The minimum atomic E-state index is -0.658. The van der Waals surface area contributed by atoms with Gasteiger partial charge in [-0.05, 0) is 35.4 Å². The molecule has 0 saturated heterocycles. The first-order valence-electron chi connectivity index (χ1n) is 18.5. The van der Waals surface area contributed by atoms with Gasteiger partial charge in [0.1, 0.15) is 11.2 Å². The number of aromatic nitrogens is 3. The molecule has 0 radical (unpaired) electrons. The van der Waals surface area contributed by atoms with Crippen LogP contribution in [0.5, 0.6) is 0 Å². The van der Waals surface area contributed by atoms with Crippen LogP contribution in [0.1, 0.15) is 20.6 Å². The standard InChI is InChI=1S/C33H21N3O/c1-4-10-22(11-5-1)25-16-18-27-28-19-17-26(21-30(28)37-29(27)20-25)33-35-31(23-12-6-2-7-13-23)34-32(36-33)24-14-8-3-9-15-24/h1-21H/i1D,2D,3D,4D,5D,6D,7D,8D,9D,10D,11D,12D,13D,14D,15D. The Balaban J connectivity index is 1.46. The van der Waals surface area contributed by atoms with Crippen LogP contribution >= 0.6 is 0 Å². The molecule has 4 heteroatoms. The zero-order chi connectivity index (χ0) is 37.7. The van der Waals surface area contributed by atoms with Crippen molar-refractivity contribution in [2.24, 2.45) is 0 Å². The van der Waals surface area contributed by atoms with E-state index < -0.39 is 101 Å². The van der Waals surface area contributed by atoms with E-state index in [0.29, 0.717) is 27.5 Å². The Labute approximate surface area is 235 Å². The van der Waals surface area contributed by atoms with Crippen molar-refractivity contribution >= 4 is 21.9 Å². The van der Waals surface area contributed by atoms with E-state index in [9.17, 15) is 0 Å². The molecule has 7 rings (SSSR count). The second kappa shape index (κ2) is 8.85. The Morgan fingerprint density at radius 1 is 0.432 bits per heavy atom. The highest BCUT2D eigenvalue weighted by atomic mass is 16.3. The van der Waals surface area contributed by atoms with Gasteiger partial charge in [0.2, 0.25) is 0 Å². The summed E-state index contributed by atoms with van der Waals surface area (Å²) < 4.78 is 130. The predicted octanol–water partition coefficient (Wildman–Crippen LogP) is 8.44. The average molecular weight is 491 g/mol. The van der Waals surface area contributed by atoms with E-state index >= 15 is 0 Å². The molecule has 37 heavy (non-hydrogen) atoms. The molecule has 4 nitrogen and oxygen atoms in total. The van der Waals surface area contributed by atoms with Crippen LogP contribution in [-0.4, -0.2) is 15.0 Å². The third-order valence-corrected chi connectivity index (χ3v) is 5.60. The van der Waals surface area contributed by atoms with Crippen molar-refractivity contribution in [3.8, 4) is 45.3 Å². The first-order valence-corrected chi connectivity index (χ1v) is 11.0. The van der Waals surface area contributed by atoms with Crippen molar-refractivity contribution in [3.63, 3.8) is 0 Å². The van der Waals surface area contributed by atoms with Gasteiger partial charge >= 0.3 is 0 Å². The predicted molar refractivity (Wildman–Crippen MR) is 149 cm³/mol. The van der Waals surface area contributed by atoms with Crippen molar-refractivity contribution in [2.75, 3.05) is 0 Å². The first-order chi connectivity index (χ1) is 24.5. The Morgan fingerprint density at radius 2 is 0.838 bits per heavy atom. The lowest BCUT2D eigenvalue weighted by Crippen LogP contribution is -2.00.